The van der Waals surface area contributed by atoms with E-state index in [1.165, 1.54) is 4.90 Å². The molecule has 0 aromatic heterocycles. The van der Waals surface area contributed by atoms with Crippen LogP contribution in [0.15, 0.2) is 36.4 Å². The minimum atomic E-state index is -0.507. The second-order valence-electron chi connectivity index (χ2n) is 9.69. The Kier molecular flexibility index (Phi) is 6.62. The number of nitrogens with zero attached hydrogens (tertiary/aromatic N) is 3. The van der Waals surface area contributed by atoms with Gasteiger partial charge < -0.3 is 9.84 Å². The summed E-state index contributed by atoms with van der Waals surface area (Å²) in [6.07, 6.45) is -0.507. The number of ether oxygens (including phenoxy) is 1. The molecule has 1 saturated heterocycles. The van der Waals surface area contributed by atoms with Crippen LogP contribution in [0, 0.1) is 0 Å². The topological polar surface area (TPSA) is 73.3 Å². The van der Waals surface area contributed by atoms with Crippen LogP contribution in [0.4, 0.5) is 0 Å². The van der Waals surface area contributed by atoms with Crippen molar-refractivity contribution in [2.75, 3.05) is 52.4 Å². The van der Waals surface area contributed by atoms with Gasteiger partial charge in [0.05, 0.1) is 18.3 Å². The van der Waals surface area contributed by atoms with Crippen LogP contribution in [-0.4, -0.2) is 95.7 Å². The van der Waals surface area contributed by atoms with Crippen LogP contribution < -0.4 is 0 Å². The maximum atomic E-state index is 13.0. The molecule has 1 atom stereocenters. The minimum Gasteiger partial charge on any atom is -0.389 e. The number of hydrogen-bond donors (Lipinski definition) is 1. The number of aliphatic hydroxyl groups is 1. The first-order valence-corrected chi connectivity index (χ1v) is 11.4. The summed E-state index contributed by atoms with van der Waals surface area (Å²) in [4.78, 5) is 32.0. The quantitative estimate of drug-likeness (QED) is 0.667. The number of β-amino-alcohol motifs (C(OH)–C–C–N with tert-alkyl or cyclic N) is 1. The molecule has 1 N–H and O–H groups in total. The maximum Gasteiger partial charge on any atom is 0.261 e. The van der Waals surface area contributed by atoms with E-state index in [4.69, 9.17) is 4.74 Å². The van der Waals surface area contributed by atoms with Crippen LogP contribution in [0.1, 0.15) is 41.5 Å². The van der Waals surface area contributed by atoms with E-state index < -0.39 is 6.10 Å². The molecule has 0 bridgehead atoms. The lowest BCUT2D eigenvalue weighted by molar-refractivity contribution is -0.0586. The summed E-state index contributed by atoms with van der Waals surface area (Å²) in [7, 11) is 0. The number of carbonyl (C=O) groups excluding carboxylic acids is 2. The van der Waals surface area contributed by atoms with Crippen molar-refractivity contribution in [2.24, 2.45) is 0 Å². The maximum absolute atomic E-state index is 13.0. The lowest BCUT2D eigenvalue weighted by Crippen LogP contribution is -2.51. The van der Waals surface area contributed by atoms with E-state index in [0.29, 0.717) is 37.4 Å². The number of benzene rings is 2. The second kappa shape index (κ2) is 9.27. The first kappa shape index (κ1) is 22.9. The van der Waals surface area contributed by atoms with E-state index in [2.05, 4.69) is 9.80 Å². The van der Waals surface area contributed by atoms with Crippen molar-refractivity contribution in [3.63, 3.8) is 0 Å². The van der Waals surface area contributed by atoms with Crippen molar-refractivity contribution in [1.82, 2.24) is 14.7 Å². The Morgan fingerprint density at radius 1 is 0.906 bits per heavy atom. The van der Waals surface area contributed by atoms with Crippen molar-refractivity contribution in [1.29, 1.82) is 0 Å². The van der Waals surface area contributed by atoms with Gasteiger partial charge in [0.25, 0.3) is 11.8 Å². The highest BCUT2D eigenvalue weighted by atomic mass is 16.5. The van der Waals surface area contributed by atoms with Gasteiger partial charge in [-0.3, -0.25) is 24.3 Å². The highest BCUT2D eigenvalue weighted by Crippen LogP contribution is 2.29. The van der Waals surface area contributed by atoms with Crippen LogP contribution in [0.2, 0.25) is 0 Å². The monoisotopic (exact) mass is 439 g/mol. The highest BCUT2D eigenvalue weighted by molar-refractivity contribution is 6.25. The first-order chi connectivity index (χ1) is 15.2. The molecule has 2 aromatic rings. The van der Waals surface area contributed by atoms with Gasteiger partial charge in [0.15, 0.2) is 0 Å². The van der Waals surface area contributed by atoms with Gasteiger partial charge in [-0.15, -0.1) is 0 Å². The Balaban J connectivity index is 1.29. The predicted octanol–water partition coefficient (Wildman–Crippen LogP) is 2.23. The molecular formula is C25H33N3O4. The van der Waals surface area contributed by atoms with Gasteiger partial charge in [0.1, 0.15) is 0 Å². The number of rotatable bonds is 7. The molecule has 2 amide bonds. The zero-order valence-electron chi connectivity index (χ0n) is 19.2. The smallest absolute Gasteiger partial charge is 0.261 e. The summed E-state index contributed by atoms with van der Waals surface area (Å²) < 4.78 is 5.67. The summed E-state index contributed by atoms with van der Waals surface area (Å²) in [5.74, 6) is -0.417. The van der Waals surface area contributed by atoms with Crippen LogP contribution in [0.25, 0.3) is 10.8 Å². The molecule has 2 aliphatic heterocycles. The molecule has 7 nitrogen and oxygen atoms in total. The summed E-state index contributed by atoms with van der Waals surface area (Å²) in [5, 5.41) is 11.9. The van der Waals surface area contributed by atoms with E-state index in [1.807, 2.05) is 45.0 Å². The predicted molar refractivity (Wildman–Crippen MR) is 124 cm³/mol. The zero-order valence-corrected chi connectivity index (χ0v) is 19.2. The van der Waals surface area contributed by atoms with Crippen molar-refractivity contribution in [3.05, 3.63) is 47.5 Å². The fourth-order valence-electron chi connectivity index (χ4n) is 4.42. The summed E-state index contributed by atoms with van der Waals surface area (Å²) in [6.45, 7) is 11.3. The summed E-state index contributed by atoms with van der Waals surface area (Å²) in [5.41, 5.74) is 0.956. The van der Waals surface area contributed by atoms with Gasteiger partial charge in [0.2, 0.25) is 0 Å². The molecule has 2 aliphatic rings. The fraction of sp³-hybridized carbons (Fsp3) is 0.520. The largest absolute Gasteiger partial charge is 0.389 e. The number of imide groups is 1. The second-order valence-corrected chi connectivity index (χ2v) is 9.69. The SMILES string of the molecule is CC(C)(C)OC[C@H](O)CN1CCN(CCN2C(=O)c3cccc4cccc(c34)C2=O)CC1. The molecule has 2 aromatic carbocycles. The van der Waals surface area contributed by atoms with E-state index in [-0.39, 0.29) is 17.4 Å². The van der Waals surface area contributed by atoms with Gasteiger partial charge in [-0.1, -0.05) is 24.3 Å². The number of piperazine rings is 1. The molecule has 7 heteroatoms. The molecule has 1 fully saturated rings. The van der Waals surface area contributed by atoms with Crippen molar-refractivity contribution in [3.8, 4) is 0 Å². The fourth-order valence-corrected chi connectivity index (χ4v) is 4.42. The molecule has 0 aliphatic carbocycles. The summed E-state index contributed by atoms with van der Waals surface area (Å²) >= 11 is 0. The third kappa shape index (κ3) is 5.02. The Morgan fingerprint density at radius 2 is 1.47 bits per heavy atom. The number of carbonyl (C=O) groups is 2. The zero-order chi connectivity index (χ0) is 22.9. The molecule has 2 heterocycles. The van der Waals surface area contributed by atoms with E-state index in [1.54, 1.807) is 12.1 Å². The lowest BCUT2D eigenvalue weighted by atomic mass is 9.94. The summed E-state index contributed by atoms with van der Waals surface area (Å²) in [6, 6.07) is 11.2. The normalized spacial score (nSPS) is 19.1. The van der Waals surface area contributed by atoms with Crippen LogP contribution in [0.5, 0.6) is 0 Å². The minimum absolute atomic E-state index is 0.208. The Morgan fingerprint density at radius 3 is 2.03 bits per heavy atom. The van der Waals surface area contributed by atoms with E-state index >= 15 is 0 Å². The Bertz CT molecular complexity index is 942. The standard InChI is InChI=1S/C25H33N3O4/c1-25(2,3)32-17-19(29)16-27-12-10-26(11-13-27)14-15-28-23(30)20-8-4-6-18-7-5-9-21(22(18)20)24(28)31/h4-9,19,29H,10-17H2,1-3H3/t19-/m1/s1. The average molecular weight is 440 g/mol. The van der Waals surface area contributed by atoms with Gasteiger partial charge >= 0.3 is 0 Å². The van der Waals surface area contributed by atoms with Gasteiger partial charge in [0, 0.05) is 62.3 Å². The van der Waals surface area contributed by atoms with E-state index in [0.717, 1.165) is 37.0 Å². The average Bonchev–Trinajstić information content (AvgIpc) is 2.76. The number of aliphatic hydroxyl groups excluding tert-OH is 1. The van der Waals surface area contributed by atoms with E-state index in [9.17, 15) is 14.7 Å². The van der Waals surface area contributed by atoms with Crippen LogP contribution in [-0.2, 0) is 4.74 Å². The Hall–Kier alpha value is -2.32. The number of amides is 2. The van der Waals surface area contributed by atoms with Gasteiger partial charge in [-0.05, 0) is 38.3 Å². The molecule has 0 radical (unpaired) electrons. The van der Waals surface area contributed by atoms with Crippen LogP contribution in [0.3, 0.4) is 0 Å². The molecule has 4 rings (SSSR count). The Labute approximate surface area is 189 Å². The lowest BCUT2D eigenvalue weighted by Gasteiger charge is -2.37. The van der Waals surface area contributed by atoms with Crippen molar-refractivity contribution < 1.29 is 19.4 Å². The van der Waals surface area contributed by atoms with Gasteiger partial charge in [-0.25, -0.2) is 0 Å². The van der Waals surface area contributed by atoms with Gasteiger partial charge in [-0.2, -0.15) is 0 Å². The third-order valence-corrected chi connectivity index (χ3v) is 6.14. The molecule has 0 spiro atoms. The van der Waals surface area contributed by atoms with Crippen molar-refractivity contribution >= 4 is 22.6 Å². The molecule has 0 unspecified atom stereocenters. The highest BCUT2D eigenvalue weighted by Gasteiger charge is 2.33. The van der Waals surface area contributed by atoms with Crippen LogP contribution >= 0.6 is 0 Å². The molecular weight excluding hydrogens is 406 g/mol. The molecule has 0 saturated carbocycles. The molecule has 172 valence electrons. The first-order valence-electron chi connectivity index (χ1n) is 11.4. The number of hydrogen-bond acceptors (Lipinski definition) is 6. The third-order valence-electron chi connectivity index (χ3n) is 6.14. The molecule has 32 heavy (non-hydrogen) atoms. The van der Waals surface area contributed by atoms with Crippen molar-refractivity contribution in [2.45, 2.75) is 32.5 Å².